The molecule has 0 aromatic heterocycles. The lowest BCUT2D eigenvalue weighted by Gasteiger charge is -2.14. The fourth-order valence-corrected chi connectivity index (χ4v) is 3.10. The minimum atomic E-state index is 0.244. The van der Waals surface area contributed by atoms with Gasteiger partial charge in [-0.2, -0.15) is 0 Å². The van der Waals surface area contributed by atoms with E-state index >= 15 is 0 Å². The van der Waals surface area contributed by atoms with Gasteiger partial charge >= 0.3 is 0 Å². The Morgan fingerprint density at radius 3 is 2.24 bits per heavy atom. The van der Waals surface area contributed by atoms with E-state index in [0.717, 1.165) is 21.2 Å². The predicted octanol–water partition coefficient (Wildman–Crippen LogP) is 4.91. The summed E-state index contributed by atoms with van der Waals surface area (Å²) in [5, 5.41) is 22.3. The molecule has 3 aromatic carbocycles. The molecule has 3 rings (SSSR count). The van der Waals surface area contributed by atoms with Crippen molar-refractivity contribution < 1.29 is 10.2 Å². The zero-order valence-electron chi connectivity index (χ0n) is 11.6. The fourth-order valence-electron chi connectivity index (χ4n) is 2.65. The Kier molecular flexibility index (Phi) is 3.60. The second-order valence-electron chi connectivity index (χ2n) is 5.15. The lowest BCUT2D eigenvalue weighted by atomic mass is 9.94. The zero-order valence-corrected chi connectivity index (χ0v) is 13.2. The molecule has 0 saturated heterocycles. The maximum absolute atomic E-state index is 10.6. The molecule has 21 heavy (non-hydrogen) atoms. The number of phenolic OH excluding ortho intramolecular Hbond substituents is 2. The molecule has 0 heterocycles. The second-order valence-corrected chi connectivity index (χ2v) is 6.07. The van der Waals surface area contributed by atoms with Crippen molar-refractivity contribution in [2.75, 3.05) is 0 Å². The molecule has 3 heteroatoms. The van der Waals surface area contributed by atoms with Crippen LogP contribution in [0.3, 0.4) is 0 Å². The third kappa shape index (κ3) is 2.49. The summed E-state index contributed by atoms with van der Waals surface area (Å²) in [4.78, 5) is 0. The van der Waals surface area contributed by atoms with Gasteiger partial charge in [-0.05, 0) is 30.2 Å². The Bertz CT molecular complexity index is 825. The first-order chi connectivity index (χ1) is 10.1. The summed E-state index contributed by atoms with van der Waals surface area (Å²) in [5.74, 6) is 0.495. The van der Waals surface area contributed by atoms with E-state index in [1.807, 2.05) is 55.5 Å². The van der Waals surface area contributed by atoms with Crippen molar-refractivity contribution in [3.8, 4) is 11.5 Å². The molecular weight excluding hydrogens is 328 g/mol. The molecular formula is C18H15BrO2. The quantitative estimate of drug-likeness (QED) is 0.649. The molecule has 0 aliphatic rings. The highest BCUT2D eigenvalue weighted by atomic mass is 79.9. The number of hydrogen-bond donors (Lipinski definition) is 2. The number of hydrogen-bond acceptors (Lipinski definition) is 2. The van der Waals surface area contributed by atoms with Crippen molar-refractivity contribution in [2.45, 2.75) is 13.3 Å². The van der Waals surface area contributed by atoms with E-state index < -0.39 is 0 Å². The van der Waals surface area contributed by atoms with Gasteiger partial charge in [0.15, 0.2) is 0 Å². The van der Waals surface area contributed by atoms with Crippen LogP contribution in [0.1, 0.15) is 16.7 Å². The summed E-state index contributed by atoms with van der Waals surface area (Å²) in [6.45, 7) is 1.84. The number of halogens is 1. The topological polar surface area (TPSA) is 40.5 Å². The van der Waals surface area contributed by atoms with Gasteiger partial charge in [0.05, 0.1) is 0 Å². The number of benzene rings is 3. The SMILES string of the molecule is Cc1c(Cc2cccc(Br)c2)c(O)c2ccccc2c1O. The summed E-state index contributed by atoms with van der Waals surface area (Å²) >= 11 is 3.45. The average Bonchev–Trinajstić information content (AvgIpc) is 2.49. The Morgan fingerprint density at radius 1 is 0.905 bits per heavy atom. The van der Waals surface area contributed by atoms with Crippen LogP contribution in [0.25, 0.3) is 10.8 Å². The highest BCUT2D eigenvalue weighted by molar-refractivity contribution is 9.10. The van der Waals surface area contributed by atoms with E-state index in [1.165, 1.54) is 0 Å². The van der Waals surface area contributed by atoms with Crippen molar-refractivity contribution >= 4 is 26.7 Å². The maximum Gasteiger partial charge on any atom is 0.127 e. The molecule has 2 nitrogen and oxygen atoms in total. The molecule has 2 N–H and O–H groups in total. The summed E-state index contributed by atoms with van der Waals surface area (Å²) < 4.78 is 1.00. The van der Waals surface area contributed by atoms with Crippen molar-refractivity contribution in [3.05, 3.63) is 69.7 Å². The van der Waals surface area contributed by atoms with Gasteiger partial charge in [-0.1, -0.05) is 52.3 Å². The lowest BCUT2D eigenvalue weighted by molar-refractivity contribution is 0.461. The molecule has 0 spiro atoms. The monoisotopic (exact) mass is 342 g/mol. The van der Waals surface area contributed by atoms with Gasteiger partial charge in [0.25, 0.3) is 0 Å². The van der Waals surface area contributed by atoms with Crippen LogP contribution in [0.2, 0.25) is 0 Å². The summed E-state index contributed by atoms with van der Waals surface area (Å²) in [5.41, 5.74) is 2.58. The average molecular weight is 343 g/mol. The van der Waals surface area contributed by atoms with E-state index in [9.17, 15) is 10.2 Å². The second kappa shape index (κ2) is 5.41. The van der Waals surface area contributed by atoms with Gasteiger partial charge in [0.1, 0.15) is 11.5 Å². The Balaban J connectivity index is 2.18. The molecule has 0 fully saturated rings. The van der Waals surface area contributed by atoms with E-state index in [-0.39, 0.29) is 11.5 Å². The largest absolute Gasteiger partial charge is 0.507 e. The first kappa shape index (κ1) is 14.0. The minimum absolute atomic E-state index is 0.244. The zero-order chi connectivity index (χ0) is 15.0. The van der Waals surface area contributed by atoms with Crippen LogP contribution >= 0.6 is 15.9 Å². The van der Waals surface area contributed by atoms with Crippen molar-refractivity contribution in [1.82, 2.24) is 0 Å². The molecule has 106 valence electrons. The summed E-state index contributed by atoms with van der Waals surface area (Å²) in [7, 11) is 0. The molecule has 0 bridgehead atoms. The van der Waals surface area contributed by atoms with Crippen LogP contribution in [0.15, 0.2) is 53.0 Å². The van der Waals surface area contributed by atoms with Crippen LogP contribution in [-0.4, -0.2) is 10.2 Å². The van der Waals surface area contributed by atoms with Crippen LogP contribution in [-0.2, 0) is 6.42 Å². The first-order valence-corrected chi connectivity index (χ1v) is 7.54. The molecule has 0 radical (unpaired) electrons. The van der Waals surface area contributed by atoms with Crippen molar-refractivity contribution in [2.24, 2.45) is 0 Å². The van der Waals surface area contributed by atoms with Crippen molar-refractivity contribution in [1.29, 1.82) is 0 Å². The molecule has 3 aromatic rings. The molecule has 0 saturated carbocycles. The number of rotatable bonds is 2. The number of phenols is 2. The van der Waals surface area contributed by atoms with Crippen LogP contribution in [0, 0.1) is 6.92 Å². The van der Waals surface area contributed by atoms with Crippen molar-refractivity contribution in [3.63, 3.8) is 0 Å². The van der Waals surface area contributed by atoms with E-state index in [4.69, 9.17) is 0 Å². The Labute approximate surface area is 131 Å². The Morgan fingerprint density at radius 2 is 1.57 bits per heavy atom. The van der Waals surface area contributed by atoms with E-state index in [0.29, 0.717) is 17.2 Å². The minimum Gasteiger partial charge on any atom is -0.507 e. The highest BCUT2D eigenvalue weighted by Gasteiger charge is 2.15. The van der Waals surface area contributed by atoms with Gasteiger partial charge in [-0.15, -0.1) is 0 Å². The van der Waals surface area contributed by atoms with Crippen LogP contribution in [0.4, 0.5) is 0 Å². The third-order valence-electron chi connectivity index (χ3n) is 3.80. The van der Waals surface area contributed by atoms with E-state index in [1.54, 1.807) is 0 Å². The standard InChI is InChI=1S/C18H15BrO2/c1-11-16(10-12-5-4-6-13(19)9-12)18(21)15-8-3-2-7-14(15)17(11)20/h2-9,20-21H,10H2,1H3. The molecule has 0 aliphatic carbocycles. The predicted molar refractivity (Wildman–Crippen MR) is 89.0 cm³/mol. The maximum atomic E-state index is 10.6. The van der Waals surface area contributed by atoms with Gasteiger partial charge in [-0.25, -0.2) is 0 Å². The normalized spacial score (nSPS) is 11.0. The molecule has 0 atom stereocenters. The van der Waals surface area contributed by atoms with Gasteiger partial charge in [0, 0.05) is 27.2 Å². The number of fused-ring (bicyclic) bond motifs is 1. The van der Waals surface area contributed by atoms with Gasteiger partial charge < -0.3 is 10.2 Å². The smallest absolute Gasteiger partial charge is 0.127 e. The van der Waals surface area contributed by atoms with E-state index in [2.05, 4.69) is 15.9 Å². The first-order valence-electron chi connectivity index (χ1n) is 6.74. The Hall–Kier alpha value is -2.00. The van der Waals surface area contributed by atoms with Crippen LogP contribution in [0.5, 0.6) is 11.5 Å². The molecule has 0 amide bonds. The molecule has 0 unspecified atom stereocenters. The third-order valence-corrected chi connectivity index (χ3v) is 4.29. The number of aromatic hydroxyl groups is 2. The highest BCUT2D eigenvalue weighted by Crippen LogP contribution is 2.40. The van der Waals surface area contributed by atoms with Gasteiger partial charge in [0.2, 0.25) is 0 Å². The van der Waals surface area contributed by atoms with Crippen LogP contribution < -0.4 is 0 Å². The summed E-state index contributed by atoms with van der Waals surface area (Å²) in [6.07, 6.45) is 0.579. The lowest BCUT2D eigenvalue weighted by Crippen LogP contribution is -1.95. The fraction of sp³-hybridized carbons (Fsp3) is 0.111. The van der Waals surface area contributed by atoms with Gasteiger partial charge in [-0.3, -0.25) is 0 Å². The molecule has 0 aliphatic heterocycles. The summed E-state index contributed by atoms with van der Waals surface area (Å²) in [6, 6.07) is 15.3.